The van der Waals surface area contributed by atoms with Gasteiger partial charge < -0.3 is 4.74 Å². The molecule has 0 saturated heterocycles. The van der Waals surface area contributed by atoms with Crippen molar-refractivity contribution in [2.24, 2.45) is 5.92 Å². The maximum absolute atomic E-state index is 5.46. The van der Waals surface area contributed by atoms with Crippen LogP contribution in [0.4, 0.5) is 0 Å². The molecule has 0 aromatic carbocycles. The second kappa shape index (κ2) is 11.0. The fourth-order valence-electron chi connectivity index (χ4n) is 2.44. The summed E-state index contributed by atoms with van der Waals surface area (Å²) < 4.78 is 5.46. The molecule has 19 heavy (non-hydrogen) atoms. The van der Waals surface area contributed by atoms with Gasteiger partial charge in [0.05, 0.1) is 12.4 Å². The van der Waals surface area contributed by atoms with E-state index in [4.69, 9.17) is 4.74 Å². The van der Waals surface area contributed by atoms with E-state index in [-0.39, 0.29) is 0 Å². The second-order valence-corrected chi connectivity index (χ2v) is 5.60. The lowest BCUT2D eigenvalue weighted by atomic mass is 10.00. The molecule has 1 atom stereocenters. The summed E-state index contributed by atoms with van der Waals surface area (Å²) in [7, 11) is 0. The highest BCUT2D eigenvalue weighted by Crippen LogP contribution is 2.21. The van der Waals surface area contributed by atoms with Crippen LogP contribution in [0.2, 0.25) is 0 Å². The number of hydrogen-bond acceptors (Lipinski definition) is 1. The van der Waals surface area contributed by atoms with Crippen LogP contribution >= 0.6 is 0 Å². The molecule has 0 N–H and O–H groups in total. The molecule has 0 saturated carbocycles. The van der Waals surface area contributed by atoms with Gasteiger partial charge in [-0.25, -0.2) is 0 Å². The first-order chi connectivity index (χ1) is 9.34. The molecule has 1 rings (SSSR count). The lowest BCUT2D eigenvalue weighted by Gasteiger charge is -2.16. The van der Waals surface area contributed by atoms with E-state index in [2.05, 4.69) is 19.2 Å². The van der Waals surface area contributed by atoms with Gasteiger partial charge in [0.15, 0.2) is 0 Å². The molecular formula is C17H30NO. The lowest BCUT2D eigenvalue weighted by Crippen LogP contribution is -2.06. The van der Waals surface area contributed by atoms with E-state index in [1.54, 1.807) is 12.5 Å². The third-order valence-electron chi connectivity index (χ3n) is 3.78. The summed E-state index contributed by atoms with van der Waals surface area (Å²) in [6, 6.07) is 0. The standard InChI is InChI=1S/C17H30NO/c1-3-4-5-6-7-8-9-10-11-12-16(2)17-15-18-13-14-19-17/h13-16H,3-12H2,1-2H3. The van der Waals surface area contributed by atoms with E-state index in [0.717, 1.165) is 5.76 Å². The zero-order valence-corrected chi connectivity index (χ0v) is 12.7. The third kappa shape index (κ3) is 7.97. The number of rotatable bonds is 11. The summed E-state index contributed by atoms with van der Waals surface area (Å²) in [5.41, 5.74) is 0. The van der Waals surface area contributed by atoms with E-state index in [1.807, 2.05) is 6.20 Å². The van der Waals surface area contributed by atoms with Gasteiger partial charge in [-0.2, -0.15) is 0 Å². The monoisotopic (exact) mass is 264 g/mol. The van der Waals surface area contributed by atoms with Gasteiger partial charge in [-0.05, 0) is 6.42 Å². The fourth-order valence-corrected chi connectivity index (χ4v) is 2.44. The van der Waals surface area contributed by atoms with Crippen LogP contribution in [-0.2, 0) is 4.74 Å². The Morgan fingerprint density at radius 1 is 1.00 bits per heavy atom. The molecular weight excluding hydrogens is 234 g/mol. The smallest absolute Gasteiger partial charge is 0.124 e. The molecule has 0 spiro atoms. The van der Waals surface area contributed by atoms with Crippen molar-refractivity contribution in [2.45, 2.75) is 78.1 Å². The molecule has 0 amide bonds. The van der Waals surface area contributed by atoms with Gasteiger partial charge in [0.25, 0.3) is 0 Å². The first-order valence-electron chi connectivity index (χ1n) is 8.06. The molecule has 2 heteroatoms. The Bertz CT molecular complexity index is 270. The Hall–Kier alpha value is -0.920. The number of unbranched alkanes of at least 4 members (excludes halogenated alkanes) is 8. The molecule has 0 aromatic rings. The van der Waals surface area contributed by atoms with Crippen LogP contribution in [0.5, 0.6) is 0 Å². The average molecular weight is 264 g/mol. The zero-order valence-electron chi connectivity index (χ0n) is 12.7. The summed E-state index contributed by atoms with van der Waals surface area (Å²) in [6.07, 6.45) is 18.9. The van der Waals surface area contributed by atoms with Crippen molar-refractivity contribution >= 4 is 0 Å². The second-order valence-electron chi connectivity index (χ2n) is 5.60. The van der Waals surface area contributed by atoms with Crippen LogP contribution in [0.1, 0.15) is 78.1 Å². The first-order valence-corrected chi connectivity index (χ1v) is 8.06. The molecule has 1 aliphatic heterocycles. The minimum absolute atomic E-state index is 0.498. The van der Waals surface area contributed by atoms with Crippen molar-refractivity contribution in [3.63, 3.8) is 0 Å². The van der Waals surface area contributed by atoms with Gasteiger partial charge in [-0.3, -0.25) is 5.32 Å². The molecule has 1 heterocycles. The van der Waals surface area contributed by atoms with Crippen LogP contribution < -0.4 is 5.32 Å². The molecule has 1 radical (unpaired) electrons. The SMILES string of the molecule is CCCCCCCCCCCC(C)C1=C[N]C=CO1. The van der Waals surface area contributed by atoms with Crippen molar-refractivity contribution in [3.05, 3.63) is 24.4 Å². The van der Waals surface area contributed by atoms with Crippen molar-refractivity contribution in [1.29, 1.82) is 0 Å². The van der Waals surface area contributed by atoms with Gasteiger partial charge in [-0.15, -0.1) is 0 Å². The summed E-state index contributed by atoms with van der Waals surface area (Å²) >= 11 is 0. The van der Waals surface area contributed by atoms with Gasteiger partial charge >= 0.3 is 0 Å². The van der Waals surface area contributed by atoms with E-state index in [1.165, 1.54) is 64.2 Å². The van der Waals surface area contributed by atoms with Crippen molar-refractivity contribution < 1.29 is 4.74 Å². The van der Waals surface area contributed by atoms with Gasteiger partial charge in [-0.1, -0.05) is 71.6 Å². The van der Waals surface area contributed by atoms with Gasteiger partial charge in [0.2, 0.25) is 0 Å². The lowest BCUT2D eigenvalue weighted by molar-refractivity contribution is 0.275. The van der Waals surface area contributed by atoms with E-state index in [9.17, 15) is 0 Å². The summed E-state index contributed by atoms with van der Waals surface area (Å²) in [5, 5.41) is 4.11. The maximum atomic E-state index is 5.46. The summed E-state index contributed by atoms with van der Waals surface area (Å²) in [4.78, 5) is 0. The van der Waals surface area contributed by atoms with Gasteiger partial charge in [0, 0.05) is 5.92 Å². The Morgan fingerprint density at radius 3 is 2.21 bits per heavy atom. The Labute approximate surface area is 119 Å². The Kier molecular flexibility index (Phi) is 9.30. The maximum Gasteiger partial charge on any atom is 0.124 e. The van der Waals surface area contributed by atoms with Crippen LogP contribution in [0.3, 0.4) is 0 Å². The average Bonchev–Trinajstić information content (AvgIpc) is 2.46. The van der Waals surface area contributed by atoms with Crippen LogP contribution in [0.25, 0.3) is 0 Å². The predicted molar refractivity (Wildman–Crippen MR) is 81.5 cm³/mol. The number of nitrogens with zero attached hydrogens (tertiary/aromatic N) is 1. The normalized spacial score (nSPS) is 15.6. The molecule has 0 aromatic heterocycles. The van der Waals surface area contributed by atoms with Crippen LogP contribution in [0, 0.1) is 5.92 Å². The summed E-state index contributed by atoms with van der Waals surface area (Å²) in [5.74, 6) is 1.51. The minimum atomic E-state index is 0.498. The van der Waals surface area contributed by atoms with Crippen molar-refractivity contribution in [1.82, 2.24) is 5.32 Å². The van der Waals surface area contributed by atoms with E-state index in [0.29, 0.717) is 5.92 Å². The highest BCUT2D eigenvalue weighted by atomic mass is 16.5. The predicted octanol–water partition coefficient (Wildman–Crippen LogP) is 5.49. The first kappa shape index (κ1) is 16.1. The molecule has 0 fully saturated rings. The van der Waals surface area contributed by atoms with Crippen molar-refractivity contribution in [3.8, 4) is 0 Å². The van der Waals surface area contributed by atoms with Crippen LogP contribution in [-0.4, -0.2) is 0 Å². The van der Waals surface area contributed by atoms with E-state index < -0.39 is 0 Å². The molecule has 1 aliphatic rings. The van der Waals surface area contributed by atoms with E-state index >= 15 is 0 Å². The molecule has 109 valence electrons. The number of ether oxygens (including phenoxy) is 1. The van der Waals surface area contributed by atoms with Gasteiger partial charge in [0.1, 0.15) is 12.0 Å². The summed E-state index contributed by atoms with van der Waals surface area (Å²) in [6.45, 7) is 4.50. The number of allylic oxidation sites excluding steroid dienone is 1. The quantitative estimate of drug-likeness (QED) is 0.452. The molecule has 2 nitrogen and oxygen atoms in total. The fraction of sp³-hybridized carbons (Fsp3) is 0.765. The third-order valence-corrected chi connectivity index (χ3v) is 3.78. The Morgan fingerprint density at radius 2 is 1.63 bits per heavy atom. The molecule has 0 bridgehead atoms. The minimum Gasteiger partial charge on any atom is -0.466 e. The highest BCUT2D eigenvalue weighted by molar-refractivity contribution is 5.03. The largest absolute Gasteiger partial charge is 0.466 e. The number of hydrogen-bond donors (Lipinski definition) is 0. The zero-order chi connectivity index (χ0) is 13.8. The topological polar surface area (TPSA) is 23.3 Å². The highest BCUT2D eigenvalue weighted by Gasteiger charge is 2.11. The molecule has 0 aliphatic carbocycles. The molecule has 1 unspecified atom stereocenters. The van der Waals surface area contributed by atoms with Crippen molar-refractivity contribution in [2.75, 3.05) is 0 Å². The Balaban J connectivity index is 1.89. The van der Waals surface area contributed by atoms with Crippen LogP contribution in [0.15, 0.2) is 24.4 Å².